The molecule has 0 spiro atoms. The van der Waals surface area contributed by atoms with Gasteiger partial charge in [0.25, 0.3) is 0 Å². The molecule has 0 bridgehead atoms. The highest BCUT2D eigenvalue weighted by Gasteiger charge is 2.21. The highest BCUT2D eigenvalue weighted by atomic mass is 16.5. The van der Waals surface area contributed by atoms with Crippen LogP contribution < -0.4 is 10.1 Å². The van der Waals surface area contributed by atoms with E-state index in [2.05, 4.69) is 29.5 Å². The van der Waals surface area contributed by atoms with Crippen molar-refractivity contribution in [1.82, 2.24) is 15.1 Å². The Balaban J connectivity index is 2.44. The van der Waals surface area contributed by atoms with Crippen LogP contribution in [0.1, 0.15) is 24.2 Å². The third-order valence-electron chi connectivity index (χ3n) is 2.98. The van der Waals surface area contributed by atoms with E-state index in [4.69, 9.17) is 4.74 Å². The lowest BCUT2D eigenvalue weighted by Gasteiger charge is -2.19. The standard InChI is InChI=1S/C14H19N3O/c1-4-15-13(11-8-6-5-7-9-11)14-12(18-3)10-16-17(14)2/h5-10,13,15H,4H2,1-3H3. The number of ether oxygens (including phenoxy) is 1. The minimum absolute atomic E-state index is 0.0960. The van der Waals surface area contributed by atoms with Crippen molar-refractivity contribution in [2.45, 2.75) is 13.0 Å². The Kier molecular flexibility index (Phi) is 3.99. The molecule has 1 aromatic heterocycles. The van der Waals surface area contributed by atoms with Crippen molar-refractivity contribution in [2.75, 3.05) is 13.7 Å². The van der Waals surface area contributed by atoms with Gasteiger partial charge in [-0.2, -0.15) is 5.10 Å². The van der Waals surface area contributed by atoms with Gasteiger partial charge in [0.15, 0.2) is 5.75 Å². The van der Waals surface area contributed by atoms with Crippen LogP contribution in [0.25, 0.3) is 0 Å². The molecule has 18 heavy (non-hydrogen) atoms. The molecule has 2 aromatic rings. The predicted octanol–water partition coefficient (Wildman–Crippen LogP) is 2.13. The summed E-state index contributed by atoms with van der Waals surface area (Å²) in [5, 5.41) is 7.74. The van der Waals surface area contributed by atoms with Crippen LogP contribution >= 0.6 is 0 Å². The maximum atomic E-state index is 5.39. The molecule has 0 radical (unpaired) electrons. The van der Waals surface area contributed by atoms with Crippen LogP contribution in [-0.2, 0) is 7.05 Å². The Labute approximate surface area is 108 Å². The monoisotopic (exact) mass is 245 g/mol. The summed E-state index contributed by atoms with van der Waals surface area (Å²) in [4.78, 5) is 0. The topological polar surface area (TPSA) is 39.1 Å². The first-order valence-corrected chi connectivity index (χ1v) is 6.12. The summed E-state index contributed by atoms with van der Waals surface area (Å²) < 4.78 is 7.25. The highest BCUT2D eigenvalue weighted by Crippen LogP contribution is 2.29. The molecule has 4 heteroatoms. The number of hydrogen-bond acceptors (Lipinski definition) is 3. The summed E-state index contributed by atoms with van der Waals surface area (Å²) in [6.07, 6.45) is 1.75. The first-order valence-electron chi connectivity index (χ1n) is 6.12. The Bertz CT molecular complexity index is 493. The van der Waals surface area contributed by atoms with Crippen LogP contribution in [0.4, 0.5) is 0 Å². The molecule has 0 aliphatic heterocycles. The zero-order valence-corrected chi connectivity index (χ0v) is 11.1. The fraction of sp³-hybridized carbons (Fsp3) is 0.357. The molecule has 0 fully saturated rings. The fourth-order valence-electron chi connectivity index (χ4n) is 2.14. The van der Waals surface area contributed by atoms with Crippen molar-refractivity contribution < 1.29 is 4.74 Å². The van der Waals surface area contributed by atoms with Gasteiger partial charge in [0, 0.05) is 7.05 Å². The molecule has 0 aliphatic rings. The van der Waals surface area contributed by atoms with Gasteiger partial charge in [0.05, 0.1) is 19.3 Å². The number of aryl methyl sites for hydroxylation is 1. The Morgan fingerprint density at radius 2 is 2.06 bits per heavy atom. The predicted molar refractivity (Wildman–Crippen MR) is 71.7 cm³/mol. The third-order valence-corrected chi connectivity index (χ3v) is 2.98. The van der Waals surface area contributed by atoms with E-state index in [0.717, 1.165) is 18.0 Å². The van der Waals surface area contributed by atoms with Crippen molar-refractivity contribution in [3.63, 3.8) is 0 Å². The summed E-state index contributed by atoms with van der Waals surface area (Å²) in [5.41, 5.74) is 2.26. The minimum Gasteiger partial charge on any atom is -0.493 e. The largest absolute Gasteiger partial charge is 0.493 e. The zero-order valence-electron chi connectivity index (χ0n) is 11.1. The van der Waals surface area contributed by atoms with Crippen LogP contribution in [0.2, 0.25) is 0 Å². The van der Waals surface area contributed by atoms with E-state index in [1.54, 1.807) is 13.3 Å². The van der Waals surface area contributed by atoms with Gasteiger partial charge in [-0.05, 0) is 12.1 Å². The van der Waals surface area contributed by atoms with Crippen LogP contribution in [-0.4, -0.2) is 23.4 Å². The van der Waals surface area contributed by atoms with Crippen LogP contribution in [0, 0.1) is 0 Å². The molecule has 0 saturated heterocycles. The van der Waals surface area contributed by atoms with Gasteiger partial charge in [-0.15, -0.1) is 0 Å². The van der Waals surface area contributed by atoms with Crippen molar-refractivity contribution in [1.29, 1.82) is 0 Å². The summed E-state index contributed by atoms with van der Waals surface area (Å²) in [5.74, 6) is 0.812. The molecule has 4 nitrogen and oxygen atoms in total. The Hall–Kier alpha value is -1.81. The summed E-state index contributed by atoms with van der Waals surface area (Å²) in [6.45, 7) is 2.98. The minimum atomic E-state index is 0.0960. The van der Waals surface area contributed by atoms with E-state index < -0.39 is 0 Å². The molecule has 96 valence electrons. The lowest BCUT2D eigenvalue weighted by Crippen LogP contribution is -2.24. The van der Waals surface area contributed by atoms with E-state index in [9.17, 15) is 0 Å². The van der Waals surface area contributed by atoms with E-state index >= 15 is 0 Å². The maximum Gasteiger partial charge on any atom is 0.161 e. The second-order valence-electron chi connectivity index (χ2n) is 4.12. The second-order valence-corrected chi connectivity index (χ2v) is 4.12. The summed E-state index contributed by atoms with van der Waals surface area (Å²) in [7, 11) is 3.61. The summed E-state index contributed by atoms with van der Waals surface area (Å²) in [6, 6.07) is 10.4. The lowest BCUT2D eigenvalue weighted by molar-refractivity contribution is 0.401. The number of nitrogens with one attached hydrogen (secondary N) is 1. The number of rotatable bonds is 5. The van der Waals surface area contributed by atoms with E-state index in [1.807, 2.05) is 29.9 Å². The molecule has 0 saturated carbocycles. The highest BCUT2D eigenvalue weighted by molar-refractivity contribution is 5.36. The molecule has 0 amide bonds. The number of benzene rings is 1. The second kappa shape index (κ2) is 5.69. The number of hydrogen-bond donors (Lipinski definition) is 1. The van der Waals surface area contributed by atoms with Gasteiger partial charge in [-0.1, -0.05) is 37.3 Å². The number of methoxy groups -OCH3 is 1. The van der Waals surface area contributed by atoms with Gasteiger partial charge in [0.2, 0.25) is 0 Å². The molecule has 1 N–H and O–H groups in total. The molecule has 1 aromatic carbocycles. The Morgan fingerprint density at radius 3 is 2.67 bits per heavy atom. The van der Waals surface area contributed by atoms with E-state index in [0.29, 0.717) is 0 Å². The van der Waals surface area contributed by atoms with Crippen molar-refractivity contribution in [2.24, 2.45) is 7.05 Å². The van der Waals surface area contributed by atoms with Gasteiger partial charge in [0.1, 0.15) is 5.69 Å². The average molecular weight is 245 g/mol. The van der Waals surface area contributed by atoms with Gasteiger partial charge >= 0.3 is 0 Å². The Morgan fingerprint density at radius 1 is 1.33 bits per heavy atom. The molecule has 2 rings (SSSR count). The van der Waals surface area contributed by atoms with Crippen molar-refractivity contribution >= 4 is 0 Å². The summed E-state index contributed by atoms with van der Waals surface area (Å²) >= 11 is 0. The number of aromatic nitrogens is 2. The molecule has 1 unspecified atom stereocenters. The van der Waals surface area contributed by atoms with Crippen molar-refractivity contribution in [3.05, 3.63) is 47.8 Å². The smallest absolute Gasteiger partial charge is 0.161 e. The normalized spacial score (nSPS) is 12.4. The molecular formula is C14H19N3O. The zero-order chi connectivity index (χ0) is 13.0. The van der Waals surface area contributed by atoms with E-state index in [1.165, 1.54) is 5.56 Å². The van der Waals surface area contributed by atoms with Gasteiger partial charge in [-0.25, -0.2) is 0 Å². The fourth-order valence-corrected chi connectivity index (χ4v) is 2.14. The first-order chi connectivity index (χ1) is 8.77. The number of nitrogens with zero attached hydrogens (tertiary/aromatic N) is 2. The van der Waals surface area contributed by atoms with Crippen LogP contribution in [0.3, 0.4) is 0 Å². The maximum absolute atomic E-state index is 5.39. The van der Waals surface area contributed by atoms with Crippen LogP contribution in [0.5, 0.6) is 5.75 Å². The van der Waals surface area contributed by atoms with E-state index in [-0.39, 0.29) is 6.04 Å². The molecule has 1 heterocycles. The lowest BCUT2D eigenvalue weighted by atomic mass is 10.0. The van der Waals surface area contributed by atoms with Gasteiger partial charge < -0.3 is 10.1 Å². The first kappa shape index (κ1) is 12.6. The molecule has 1 atom stereocenters. The average Bonchev–Trinajstić information content (AvgIpc) is 2.78. The SMILES string of the molecule is CCNC(c1ccccc1)c1c(OC)cnn1C. The third kappa shape index (κ3) is 2.38. The molecule has 0 aliphatic carbocycles. The van der Waals surface area contributed by atoms with Gasteiger partial charge in [-0.3, -0.25) is 4.68 Å². The molecular weight excluding hydrogens is 226 g/mol. The van der Waals surface area contributed by atoms with Crippen molar-refractivity contribution in [3.8, 4) is 5.75 Å². The van der Waals surface area contributed by atoms with Crippen LogP contribution in [0.15, 0.2) is 36.5 Å². The quantitative estimate of drug-likeness (QED) is 0.877.